The minimum absolute atomic E-state index is 0.0525. The molecule has 1 atom stereocenters. The van der Waals surface area contributed by atoms with Gasteiger partial charge in [0.1, 0.15) is 5.82 Å². The Balaban J connectivity index is 1.41. The summed E-state index contributed by atoms with van der Waals surface area (Å²) < 4.78 is 27.5. The van der Waals surface area contributed by atoms with Gasteiger partial charge >= 0.3 is 0 Å². The number of hydrogen-bond donors (Lipinski definition) is 2. The molecular weight excluding hydrogens is 416 g/mol. The number of carbonyl (C=O) groups excluding carboxylic acids is 1. The van der Waals surface area contributed by atoms with Gasteiger partial charge in [0.2, 0.25) is 0 Å². The maximum absolute atomic E-state index is 14.0. The molecule has 5 rings (SSSR count). The fourth-order valence-corrected chi connectivity index (χ4v) is 4.42. The molecule has 1 amide bonds. The molecule has 0 bridgehead atoms. The SMILES string of the molecule is O=C([C@H](O)c1cccc(F)c1F)N1CCc2nc(C3(c4ccccc4)CC3)[nH]c(=O)c2C1. The monoisotopic (exact) mass is 437 g/mol. The lowest BCUT2D eigenvalue weighted by molar-refractivity contribution is -0.141. The summed E-state index contributed by atoms with van der Waals surface area (Å²) in [6.45, 7) is 0.164. The Labute approximate surface area is 182 Å². The number of carbonyl (C=O) groups is 1. The number of fused-ring (bicyclic) bond motifs is 1. The molecule has 1 aliphatic carbocycles. The van der Waals surface area contributed by atoms with Crippen molar-refractivity contribution in [2.45, 2.75) is 37.3 Å². The second-order valence-corrected chi connectivity index (χ2v) is 8.34. The molecule has 2 heterocycles. The zero-order valence-electron chi connectivity index (χ0n) is 17.1. The first-order chi connectivity index (χ1) is 15.4. The van der Waals surface area contributed by atoms with Gasteiger partial charge in [-0.25, -0.2) is 13.8 Å². The molecule has 3 aromatic rings. The first-order valence-electron chi connectivity index (χ1n) is 10.5. The van der Waals surface area contributed by atoms with Crippen LogP contribution in [0.3, 0.4) is 0 Å². The highest BCUT2D eigenvalue weighted by Gasteiger charge is 2.48. The van der Waals surface area contributed by atoms with E-state index >= 15 is 0 Å². The lowest BCUT2D eigenvalue weighted by atomic mass is 9.94. The number of H-pyrrole nitrogens is 1. The summed E-state index contributed by atoms with van der Waals surface area (Å²) in [5.74, 6) is -2.55. The van der Waals surface area contributed by atoms with Gasteiger partial charge in [-0.3, -0.25) is 9.59 Å². The van der Waals surface area contributed by atoms with Gasteiger partial charge in [-0.1, -0.05) is 42.5 Å². The largest absolute Gasteiger partial charge is 0.378 e. The summed E-state index contributed by atoms with van der Waals surface area (Å²) in [5, 5.41) is 10.3. The van der Waals surface area contributed by atoms with Crippen LogP contribution in [0.4, 0.5) is 8.78 Å². The zero-order valence-corrected chi connectivity index (χ0v) is 17.1. The van der Waals surface area contributed by atoms with Gasteiger partial charge < -0.3 is 15.0 Å². The predicted octanol–water partition coefficient (Wildman–Crippen LogP) is 2.75. The van der Waals surface area contributed by atoms with Crippen molar-refractivity contribution in [2.75, 3.05) is 6.54 Å². The molecule has 0 unspecified atom stereocenters. The maximum Gasteiger partial charge on any atom is 0.256 e. The minimum atomic E-state index is -1.86. The minimum Gasteiger partial charge on any atom is -0.378 e. The Bertz CT molecular complexity index is 1260. The molecular formula is C24H21F2N3O3. The van der Waals surface area contributed by atoms with Gasteiger partial charge in [0.05, 0.1) is 23.2 Å². The van der Waals surface area contributed by atoms with Crippen molar-refractivity contribution >= 4 is 5.91 Å². The van der Waals surface area contributed by atoms with Gasteiger partial charge in [-0.2, -0.15) is 0 Å². The van der Waals surface area contributed by atoms with Crippen molar-refractivity contribution < 1.29 is 18.7 Å². The molecule has 1 saturated carbocycles. The summed E-state index contributed by atoms with van der Waals surface area (Å²) >= 11 is 0. The van der Waals surface area contributed by atoms with Gasteiger partial charge in [0, 0.05) is 18.5 Å². The lowest BCUT2D eigenvalue weighted by Crippen LogP contribution is -2.42. The van der Waals surface area contributed by atoms with Crippen molar-refractivity contribution in [1.82, 2.24) is 14.9 Å². The number of halogens is 2. The van der Waals surface area contributed by atoms with Crippen molar-refractivity contribution in [3.63, 3.8) is 0 Å². The van der Waals surface area contributed by atoms with Crippen molar-refractivity contribution in [1.29, 1.82) is 0 Å². The molecule has 2 aromatic carbocycles. The third-order valence-corrected chi connectivity index (χ3v) is 6.42. The normalized spacial score (nSPS) is 17.5. The molecule has 0 radical (unpaired) electrons. The summed E-state index contributed by atoms with van der Waals surface area (Å²) in [6.07, 6.45) is 0.274. The van der Waals surface area contributed by atoms with Crippen LogP contribution in [0, 0.1) is 11.6 Å². The maximum atomic E-state index is 14.0. The average molecular weight is 437 g/mol. The van der Waals surface area contributed by atoms with E-state index in [1.807, 2.05) is 30.3 Å². The number of aliphatic hydroxyl groups excluding tert-OH is 1. The highest BCUT2D eigenvalue weighted by molar-refractivity contribution is 5.82. The highest BCUT2D eigenvalue weighted by atomic mass is 19.2. The van der Waals surface area contributed by atoms with Crippen molar-refractivity contribution in [3.8, 4) is 0 Å². The van der Waals surface area contributed by atoms with E-state index in [9.17, 15) is 23.5 Å². The van der Waals surface area contributed by atoms with Gasteiger partial charge in [0.25, 0.3) is 11.5 Å². The smallest absolute Gasteiger partial charge is 0.256 e. The van der Waals surface area contributed by atoms with Crippen LogP contribution >= 0.6 is 0 Å². The zero-order chi connectivity index (χ0) is 22.5. The number of benzene rings is 2. The molecule has 2 aliphatic rings. The van der Waals surface area contributed by atoms with E-state index < -0.39 is 29.2 Å². The summed E-state index contributed by atoms with van der Waals surface area (Å²) in [4.78, 5) is 34.6. The number of aromatic nitrogens is 2. The van der Waals surface area contributed by atoms with Crippen LogP contribution in [0.25, 0.3) is 0 Å². The number of aromatic amines is 1. The molecule has 32 heavy (non-hydrogen) atoms. The fraction of sp³-hybridized carbons (Fsp3) is 0.292. The number of nitrogens with one attached hydrogen (secondary N) is 1. The van der Waals surface area contributed by atoms with Crippen LogP contribution in [0.15, 0.2) is 53.3 Å². The number of rotatable bonds is 4. The first-order valence-corrected chi connectivity index (χ1v) is 10.5. The lowest BCUT2D eigenvalue weighted by Gasteiger charge is -2.30. The number of aliphatic hydroxyl groups is 1. The quantitative estimate of drug-likeness (QED) is 0.657. The third-order valence-electron chi connectivity index (χ3n) is 6.42. The average Bonchev–Trinajstić information content (AvgIpc) is 3.62. The number of nitrogens with zero attached hydrogens (tertiary/aromatic N) is 2. The topological polar surface area (TPSA) is 86.3 Å². The van der Waals surface area contributed by atoms with E-state index in [2.05, 4.69) is 4.98 Å². The Hall–Kier alpha value is -3.39. The Morgan fingerprint density at radius 2 is 1.88 bits per heavy atom. The van der Waals surface area contributed by atoms with Crippen LogP contribution in [0.1, 0.15) is 47.2 Å². The molecule has 6 nitrogen and oxygen atoms in total. The molecule has 164 valence electrons. The number of amides is 1. The van der Waals surface area contributed by atoms with E-state index in [1.54, 1.807) is 0 Å². The van der Waals surface area contributed by atoms with Crippen LogP contribution in [0.5, 0.6) is 0 Å². The summed E-state index contributed by atoms with van der Waals surface area (Å²) in [7, 11) is 0. The van der Waals surface area contributed by atoms with Gasteiger partial charge in [-0.15, -0.1) is 0 Å². The molecule has 2 N–H and O–H groups in total. The van der Waals surface area contributed by atoms with Crippen LogP contribution in [-0.2, 0) is 23.2 Å². The van der Waals surface area contributed by atoms with Crippen LogP contribution in [-0.4, -0.2) is 32.4 Å². The number of hydrogen-bond acceptors (Lipinski definition) is 4. The van der Waals surface area contributed by atoms with Gasteiger partial charge in [-0.05, 0) is 24.5 Å². The molecule has 1 aromatic heterocycles. The van der Waals surface area contributed by atoms with Crippen molar-refractivity contribution in [3.05, 3.63) is 98.7 Å². The molecule has 8 heteroatoms. The van der Waals surface area contributed by atoms with Gasteiger partial charge in [0.15, 0.2) is 17.7 Å². The van der Waals surface area contributed by atoms with Crippen LogP contribution < -0.4 is 5.56 Å². The van der Waals surface area contributed by atoms with E-state index in [-0.39, 0.29) is 24.1 Å². The third kappa shape index (κ3) is 3.31. The van der Waals surface area contributed by atoms with Crippen LogP contribution in [0.2, 0.25) is 0 Å². The Morgan fingerprint density at radius 3 is 2.59 bits per heavy atom. The van der Waals surface area contributed by atoms with E-state index in [0.29, 0.717) is 23.5 Å². The molecule has 1 fully saturated rings. The second kappa shape index (κ2) is 7.63. The van der Waals surface area contributed by atoms with Crippen molar-refractivity contribution in [2.24, 2.45) is 0 Å². The molecule has 1 aliphatic heterocycles. The first kappa shape index (κ1) is 20.5. The Morgan fingerprint density at radius 1 is 1.12 bits per heavy atom. The van der Waals surface area contributed by atoms with E-state index in [4.69, 9.17) is 4.98 Å². The Kier molecular flexibility index (Phi) is 4.89. The van der Waals surface area contributed by atoms with E-state index in [0.717, 1.165) is 30.5 Å². The highest BCUT2D eigenvalue weighted by Crippen LogP contribution is 2.51. The molecule has 0 saturated heterocycles. The standard InChI is InChI=1S/C24H21F2N3O3/c25-17-8-4-7-15(19(17)26)20(30)22(32)29-12-9-18-16(13-29)21(31)28-23(27-18)24(10-11-24)14-5-2-1-3-6-14/h1-8,20,30H,9-13H2,(H,27,28,31)/t20-/m1/s1. The predicted molar refractivity (Wildman–Crippen MR) is 112 cm³/mol. The fourth-order valence-electron chi connectivity index (χ4n) is 4.42. The van der Waals surface area contributed by atoms with E-state index in [1.165, 1.54) is 11.0 Å². The summed E-state index contributed by atoms with van der Waals surface area (Å²) in [6, 6.07) is 13.2. The summed E-state index contributed by atoms with van der Waals surface area (Å²) in [5.41, 5.74) is 1.05. The second-order valence-electron chi connectivity index (χ2n) is 8.34. The molecule has 0 spiro atoms.